The molecule has 1 fully saturated rings. The van der Waals surface area contributed by atoms with E-state index < -0.39 is 0 Å². The molecule has 0 heterocycles. The van der Waals surface area contributed by atoms with Crippen LogP contribution in [0.25, 0.3) is 10.8 Å². The summed E-state index contributed by atoms with van der Waals surface area (Å²) in [5.74, 6) is 0. The van der Waals surface area contributed by atoms with Gasteiger partial charge in [0.2, 0.25) is 0 Å². The van der Waals surface area contributed by atoms with Gasteiger partial charge < -0.3 is 11.1 Å². The van der Waals surface area contributed by atoms with Gasteiger partial charge in [-0.3, -0.25) is 0 Å². The predicted octanol–water partition coefficient (Wildman–Crippen LogP) is 3.31. The van der Waals surface area contributed by atoms with E-state index >= 15 is 0 Å². The predicted molar refractivity (Wildman–Crippen MR) is 77.4 cm³/mol. The fraction of sp³-hybridized carbons (Fsp3) is 0.375. The van der Waals surface area contributed by atoms with Gasteiger partial charge in [-0.05, 0) is 40.3 Å². The zero-order valence-corrected chi connectivity index (χ0v) is 11.0. The minimum Gasteiger partial charge on any atom is -0.398 e. The van der Waals surface area contributed by atoms with Crippen molar-refractivity contribution in [3.63, 3.8) is 0 Å². The lowest BCUT2D eigenvalue weighted by molar-refractivity contribution is 0.542. The Labute approximate surface area is 108 Å². The number of hydrogen-bond donors (Lipinski definition) is 2. The van der Waals surface area contributed by atoms with Crippen LogP contribution < -0.4 is 11.1 Å². The van der Waals surface area contributed by atoms with E-state index in [2.05, 4.69) is 49.5 Å². The molecule has 1 aliphatic rings. The fourth-order valence-corrected chi connectivity index (χ4v) is 2.51. The molecule has 0 aromatic heterocycles. The summed E-state index contributed by atoms with van der Waals surface area (Å²) in [5, 5.41) is 6.06. The number of hydrogen-bond acceptors (Lipinski definition) is 2. The Morgan fingerprint density at radius 2 is 1.83 bits per heavy atom. The van der Waals surface area contributed by atoms with E-state index in [1.54, 1.807) is 0 Å². The van der Waals surface area contributed by atoms with Gasteiger partial charge in [-0.1, -0.05) is 38.1 Å². The Bertz CT molecular complexity index is 587. The van der Waals surface area contributed by atoms with Gasteiger partial charge in [-0.15, -0.1) is 0 Å². The monoisotopic (exact) mass is 240 g/mol. The molecule has 2 heteroatoms. The van der Waals surface area contributed by atoms with Crippen LogP contribution in [0.4, 0.5) is 5.69 Å². The van der Waals surface area contributed by atoms with Gasteiger partial charge in [0.15, 0.2) is 0 Å². The molecule has 0 bridgehead atoms. The molecule has 0 radical (unpaired) electrons. The summed E-state index contributed by atoms with van der Waals surface area (Å²) in [5.41, 5.74) is 8.68. The molecule has 0 spiro atoms. The smallest absolute Gasteiger partial charge is 0.0366 e. The van der Waals surface area contributed by atoms with Crippen LogP contribution in [0.1, 0.15) is 25.8 Å². The number of nitrogens with one attached hydrogen (secondary N) is 1. The SMILES string of the molecule is CC1(C)CC1NCc1cc2ccccc2cc1N. The lowest BCUT2D eigenvalue weighted by atomic mass is 10.0. The highest BCUT2D eigenvalue weighted by Gasteiger charge is 2.44. The molecule has 0 saturated heterocycles. The van der Waals surface area contributed by atoms with Gasteiger partial charge in [0.1, 0.15) is 0 Å². The van der Waals surface area contributed by atoms with Gasteiger partial charge in [-0.25, -0.2) is 0 Å². The second-order valence-electron chi connectivity index (χ2n) is 6.02. The molecule has 3 rings (SSSR count). The van der Waals surface area contributed by atoms with Gasteiger partial charge in [-0.2, -0.15) is 0 Å². The number of rotatable bonds is 3. The highest BCUT2D eigenvalue weighted by atomic mass is 15.0. The molecular formula is C16H20N2. The molecule has 2 aromatic carbocycles. The van der Waals surface area contributed by atoms with Gasteiger partial charge in [0, 0.05) is 18.3 Å². The lowest BCUT2D eigenvalue weighted by Crippen LogP contribution is -2.20. The third-order valence-corrected chi connectivity index (χ3v) is 4.06. The van der Waals surface area contributed by atoms with E-state index in [-0.39, 0.29) is 0 Å². The van der Waals surface area contributed by atoms with Crippen LogP contribution in [-0.4, -0.2) is 6.04 Å². The van der Waals surface area contributed by atoms with Gasteiger partial charge in [0.25, 0.3) is 0 Å². The summed E-state index contributed by atoms with van der Waals surface area (Å²) in [6.45, 7) is 5.47. The highest BCUT2D eigenvalue weighted by Crippen LogP contribution is 2.44. The van der Waals surface area contributed by atoms with Crippen LogP contribution in [0.15, 0.2) is 36.4 Å². The summed E-state index contributed by atoms with van der Waals surface area (Å²) >= 11 is 0. The van der Waals surface area contributed by atoms with Crippen molar-refractivity contribution >= 4 is 16.5 Å². The molecule has 1 saturated carbocycles. The normalized spacial score (nSPS) is 21.1. The average molecular weight is 240 g/mol. The molecule has 0 aliphatic heterocycles. The van der Waals surface area contributed by atoms with Crippen LogP contribution in [-0.2, 0) is 6.54 Å². The minimum absolute atomic E-state index is 0.464. The number of fused-ring (bicyclic) bond motifs is 1. The molecule has 2 nitrogen and oxygen atoms in total. The van der Waals surface area contributed by atoms with Crippen LogP contribution in [0.3, 0.4) is 0 Å². The maximum absolute atomic E-state index is 6.12. The molecule has 2 aromatic rings. The molecule has 1 aliphatic carbocycles. The molecular weight excluding hydrogens is 220 g/mol. The van der Waals surface area contributed by atoms with Crippen molar-refractivity contribution in [2.24, 2.45) is 5.41 Å². The minimum atomic E-state index is 0.464. The van der Waals surface area contributed by atoms with Crippen molar-refractivity contribution in [3.8, 4) is 0 Å². The Kier molecular flexibility index (Phi) is 2.56. The third-order valence-electron chi connectivity index (χ3n) is 4.06. The first-order chi connectivity index (χ1) is 8.56. The lowest BCUT2D eigenvalue weighted by Gasteiger charge is -2.10. The van der Waals surface area contributed by atoms with Crippen molar-refractivity contribution in [1.82, 2.24) is 5.32 Å². The second-order valence-corrected chi connectivity index (χ2v) is 6.02. The summed E-state index contributed by atoms with van der Waals surface area (Å²) < 4.78 is 0. The van der Waals surface area contributed by atoms with Crippen molar-refractivity contribution in [1.29, 1.82) is 0 Å². The maximum atomic E-state index is 6.12. The summed E-state index contributed by atoms with van der Waals surface area (Å²) in [6.07, 6.45) is 1.26. The zero-order valence-electron chi connectivity index (χ0n) is 11.0. The molecule has 3 N–H and O–H groups in total. The van der Waals surface area contributed by atoms with Crippen LogP contribution >= 0.6 is 0 Å². The number of nitrogen functional groups attached to an aromatic ring is 1. The first-order valence-corrected chi connectivity index (χ1v) is 6.57. The Morgan fingerprint density at radius 3 is 2.44 bits per heavy atom. The van der Waals surface area contributed by atoms with E-state index in [9.17, 15) is 0 Å². The Morgan fingerprint density at radius 1 is 1.22 bits per heavy atom. The van der Waals surface area contributed by atoms with Crippen LogP contribution in [0.2, 0.25) is 0 Å². The van der Waals surface area contributed by atoms with E-state index in [0.717, 1.165) is 12.2 Å². The summed E-state index contributed by atoms with van der Waals surface area (Å²) in [6, 6.07) is 13.3. The van der Waals surface area contributed by atoms with Crippen molar-refractivity contribution in [3.05, 3.63) is 42.0 Å². The summed E-state index contributed by atoms with van der Waals surface area (Å²) in [7, 11) is 0. The first-order valence-electron chi connectivity index (χ1n) is 6.57. The first kappa shape index (κ1) is 11.5. The van der Waals surface area contributed by atoms with Crippen LogP contribution in [0.5, 0.6) is 0 Å². The van der Waals surface area contributed by atoms with Crippen molar-refractivity contribution < 1.29 is 0 Å². The number of benzene rings is 2. The standard InChI is InChI=1S/C16H20N2/c1-16(2)9-15(16)18-10-13-7-11-5-3-4-6-12(11)8-14(13)17/h3-8,15,18H,9-10,17H2,1-2H3. The van der Waals surface area contributed by atoms with Crippen molar-refractivity contribution in [2.75, 3.05) is 5.73 Å². The number of nitrogens with two attached hydrogens (primary N) is 1. The largest absolute Gasteiger partial charge is 0.398 e. The second kappa shape index (κ2) is 3.99. The molecule has 1 atom stereocenters. The number of anilines is 1. The molecule has 1 unspecified atom stereocenters. The van der Waals surface area contributed by atoms with E-state index in [0.29, 0.717) is 11.5 Å². The molecule has 94 valence electrons. The fourth-order valence-electron chi connectivity index (χ4n) is 2.51. The van der Waals surface area contributed by atoms with Crippen molar-refractivity contribution in [2.45, 2.75) is 32.9 Å². The topological polar surface area (TPSA) is 38.0 Å². The summed E-state index contributed by atoms with van der Waals surface area (Å²) in [4.78, 5) is 0. The molecule has 18 heavy (non-hydrogen) atoms. The van der Waals surface area contributed by atoms with E-state index in [4.69, 9.17) is 5.73 Å². The van der Waals surface area contributed by atoms with Gasteiger partial charge >= 0.3 is 0 Å². The van der Waals surface area contributed by atoms with E-state index in [1.807, 2.05) is 6.07 Å². The maximum Gasteiger partial charge on any atom is 0.0366 e. The van der Waals surface area contributed by atoms with E-state index in [1.165, 1.54) is 22.8 Å². The van der Waals surface area contributed by atoms with Gasteiger partial charge in [0.05, 0.1) is 0 Å². The average Bonchev–Trinajstić information content (AvgIpc) is 2.94. The molecule has 0 amide bonds. The quantitative estimate of drug-likeness (QED) is 0.808. The highest BCUT2D eigenvalue weighted by molar-refractivity contribution is 5.86. The third kappa shape index (κ3) is 2.08. The van der Waals surface area contributed by atoms with Crippen LogP contribution in [0, 0.1) is 5.41 Å². The Balaban J connectivity index is 1.81. The zero-order chi connectivity index (χ0) is 12.8. The Hall–Kier alpha value is -1.54.